The number of hydrogen-bond donors (Lipinski definition) is 0. The number of halogens is 1. The van der Waals surface area contributed by atoms with Gasteiger partial charge in [0.2, 0.25) is 5.91 Å². The molecule has 6 heteroatoms. The summed E-state index contributed by atoms with van der Waals surface area (Å²) in [7, 11) is 0. The molecule has 126 valence electrons. The number of morpholine rings is 1. The summed E-state index contributed by atoms with van der Waals surface area (Å²) in [6.45, 7) is 4.21. The zero-order chi connectivity index (χ0) is 16.2. The number of rotatable bonds is 3. The molecule has 3 rings (SSSR count). The zero-order valence-corrected chi connectivity index (χ0v) is 13.2. The molecular weight excluding hydrogens is 301 g/mol. The van der Waals surface area contributed by atoms with Gasteiger partial charge in [0.05, 0.1) is 32.3 Å². The van der Waals surface area contributed by atoms with Crippen LogP contribution < -0.4 is 0 Å². The lowest BCUT2D eigenvalue weighted by atomic mass is 10.1. The lowest BCUT2D eigenvalue weighted by Gasteiger charge is -2.37. The molecule has 2 heterocycles. The molecule has 0 aromatic heterocycles. The fourth-order valence-corrected chi connectivity index (χ4v) is 2.94. The van der Waals surface area contributed by atoms with Crippen LogP contribution in [0.4, 0.5) is 4.39 Å². The Hall–Kier alpha value is -1.50. The maximum atomic E-state index is 13.1. The number of ether oxygens (including phenoxy) is 3. The first-order valence-electron chi connectivity index (χ1n) is 8.04. The van der Waals surface area contributed by atoms with Gasteiger partial charge in [-0.1, -0.05) is 12.1 Å². The third-order valence-corrected chi connectivity index (χ3v) is 4.09. The van der Waals surface area contributed by atoms with Gasteiger partial charge in [0, 0.05) is 6.54 Å². The Morgan fingerprint density at radius 1 is 1.22 bits per heavy atom. The molecule has 1 aromatic carbocycles. The van der Waals surface area contributed by atoms with Crippen molar-refractivity contribution in [1.29, 1.82) is 0 Å². The summed E-state index contributed by atoms with van der Waals surface area (Å²) in [6.07, 6.45) is 0.334. The van der Waals surface area contributed by atoms with E-state index in [1.54, 1.807) is 17.0 Å². The molecular formula is C17H22FNO4. The molecule has 0 N–H and O–H groups in total. The van der Waals surface area contributed by atoms with Crippen molar-refractivity contribution in [3.05, 3.63) is 35.6 Å². The molecule has 0 radical (unpaired) electrons. The average molecular weight is 323 g/mol. The molecule has 0 unspecified atom stereocenters. The summed E-state index contributed by atoms with van der Waals surface area (Å²) in [6, 6.07) is 6.23. The fourth-order valence-electron chi connectivity index (χ4n) is 2.94. The lowest BCUT2D eigenvalue weighted by Crippen LogP contribution is -2.47. The molecule has 2 saturated heterocycles. The van der Waals surface area contributed by atoms with Gasteiger partial charge in [-0.3, -0.25) is 4.79 Å². The van der Waals surface area contributed by atoms with E-state index in [9.17, 15) is 9.18 Å². The van der Waals surface area contributed by atoms with E-state index in [0.717, 1.165) is 12.0 Å². The van der Waals surface area contributed by atoms with E-state index in [0.29, 0.717) is 26.3 Å². The van der Waals surface area contributed by atoms with E-state index in [4.69, 9.17) is 14.2 Å². The molecule has 1 amide bonds. The molecule has 2 aliphatic heterocycles. The Morgan fingerprint density at radius 2 is 1.91 bits per heavy atom. The van der Waals surface area contributed by atoms with E-state index in [1.165, 1.54) is 12.1 Å². The minimum absolute atomic E-state index is 0.000776. The maximum Gasteiger partial charge on any atom is 0.227 e. The summed E-state index contributed by atoms with van der Waals surface area (Å²) in [4.78, 5) is 14.3. The third kappa shape index (κ3) is 4.28. The van der Waals surface area contributed by atoms with E-state index in [2.05, 4.69) is 0 Å². The van der Waals surface area contributed by atoms with Crippen LogP contribution in [0.1, 0.15) is 31.4 Å². The highest BCUT2D eigenvalue weighted by Crippen LogP contribution is 2.26. The van der Waals surface area contributed by atoms with Gasteiger partial charge in [-0.05, 0) is 31.0 Å². The SMILES string of the molecule is C[C@H]1CN(C(=O)CC2OCCCO2)C[C@H](c2ccc(F)cc2)O1. The minimum Gasteiger partial charge on any atom is -0.367 e. The van der Waals surface area contributed by atoms with Crippen LogP contribution in [0.2, 0.25) is 0 Å². The number of amides is 1. The van der Waals surface area contributed by atoms with Gasteiger partial charge in [0.1, 0.15) is 11.9 Å². The average Bonchev–Trinajstić information content (AvgIpc) is 2.56. The van der Waals surface area contributed by atoms with Crippen molar-refractivity contribution >= 4 is 5.91 Å². The minimum atomic E-state index is -0.446. The first-order valence-corrected chi connectivity index (χ1v) is 8.04. The largest absolute Gasteiger partial charge is 0.367 e. The zero-order valence-electron chi connectivity index (χ0n) is 13.2. The van der Waals surface area contributed by atoms with Gasteiger partial charge in [0.25, 0.3) is 0 Å². The summed E-state index contributed by atoms with van der Waals surface area (Å²) < 4.78 is 29.9. The molecule has 1 aromatic rings. The van der Waals surface area contributed by atoms with Crippen LogP contribution in [0, 0.1) is 5.82 Å². The predicted octanol–water partition coefficient (Wildman–Crippen LogP) is 2.27. The van der Waals surface area contributed by atoms with Gasteiger partial charge in [0.15, 0.2) is 6.29 Å². The fraction of sp³-hybridized carbons (Fsp3) is 0.588. The summed E-state index contributed by atoms with van der Waals surface area (Å²) >= 11 is 0. The van der Waals surface area contributed by atoms with Crippen LogP contribution in [0.25, 0.3) is 0 Å². The number of hydrogen-bond acceptors (Lipinski definition) is 4. The Kier molecular flexibility index (Phi) is 5.25. The molecule has 0 saturated carbocycles. The van der Waals surface area contributed by atoms with Crippen molar-refractivity contribution in [2.75, 3.05) is 26.3 Å². The number of carbonyl (C=O) groups excluding carboxylic acids is 1. The van der Waals surface area contributed by atoms with Gasteiger partial charge in [-0.25, -0.2) is 4.39 Å². The molecule has 0 bridgehead atoms. The molecule has 5 nitrogen and oxygen atoms in total. The Morgan fingerprint density at radius 3 is 2.61 bits per heavy atom. The Balaban J connectivity index is 1.62. The maximum absolute atomic E-state index is 13.1. The van der Waals surface area contributed by atoms with Crippen LogP contribution in [0.3, 0.4) is 0 Å². The molecule has 0 spiro atoms. The summed E-state index contributed by atoms with van der Waals surface area (Å²) in [5.74, 6) is -0.281. The van der Waals surface area contributed by atoms with E-state index < -0.39 is 6.29 Å². The van der Waals surface area contributed by atoms with Crippen molar-refractivity contribution in [1.82, 2.24) is 4.90 Å². The van der Waals surface area contributed by atoms with E-state index in [1.807, 2.05) is 6.92 Å². The number of benzene rings is 1. The molecule has 0 aliphatic carbocycles. The van der Waals surface area contributed by atoms with E-state index >= 15 is 0 Å². The Bertz CT molecular complexity index is 530. The van der Waals surface area contributed by atoms with E-state index in [-0.39, 0.29) is 30.4 Å². The highest BCUT2D eigenvalue weighted by molar-refractivity contribution is 5.76. The van der Waals surface area contributed by atoms with Crippen molar-refractivity contribution < 1.29 is 23.4 Å². The standard InChI is InChI=1S/C17H22FNO4/c1-12-10-19(16(20)9-17-21-7-2-8-22-17)11-15(23-12)13-3-5-14(18)6-4-13/h3-6,12,15,17H,2,7-11H2,1H3/t12-,15+/m0/s1. The van der Waals surface area contributed by atoms with Gasteiger partial charge in [-0.15, -0.1) is 0 Å². The highest BCUT2D eigenvalue weighted by Gasteiger charge is 2.31. The van der Waals surface area contributed by atoms with Gasteiger partial charge >= 0.3 is 0 Å². The monoisotopic (exact) mass is 323 g/mol. The predicted molar refractivity (Wildman–Crippen MR) is 81.2 cm³/mol. The molecule has 2 atom stereocenters. The smallest absolute Gasteiger partial charge is 0.227 e. The van der Waals surface area contributed by atoms with Crippen LogP contribution >= 0.6 is 0 Å². The summed E-state index contributed by atoms with van der Waals surface area (Å²) in [5, 5.41) is 0. The van der Waals surface area contributed by atoms with Crippen LogP contribution in [0.5, 0.6) is 0 Å². The number of carbonyl (C=O) groups is 1. The molecule has 23 heavy (non-hydrogen) atoms. The third-order valence-electron chi connectivity index (χ3n) is 4.09. The van der Waals surface area contributed by atoms with Crippen LogP contribution in [0.15, 0.2) is 24.3 Å². The normalized spacial score (nSPS) is 26.3. The second-order valence-electron chi connectivity index (χ2n) is 6.01. The van der Waals surface area contributed by atoms with Crippen molar-refractivity contribution in [2.24, 2.45) is 0 Å². The van der Waals surface area contributed by atoms with Gasteiger partial charge < -0.3 is 19.1 Å². The lowest BCUT2D eigenvalue weighted by molar-refractivity contribution is -0.190. The van der Waals surface area contributed by atoms with Crippen LogP contribution in [-0.4, -0.2) is 49.5 Å². The first-order chi connectivity index (χ1) is 11.1. The highest BCUT2D eigenvalue weighted by atomic mass is 19.1. The molecule has 2 fully saturated rings. The second kappa shape index (κ2) is 7.38. The van der Waals surface area contributed by atoms with Crippen LogP contribution in [-0.2, 0) is 19.0 Å². The summed E-state index contributed by atoms with van der Waals surface area (Å²) in [5.41, 5.74) is 0.876. The topological polar surface area (TPSA) is 48.0 Å². The quantitative estimate of drug-likeness (QED) is 0.856. The molecule has 2 aliphatic rings. The van der Waals surface area contributed by atoms with Crippen molar-refractivity contribution in [3.8, 4) is 0 Å². The number of nitrogens with zero attached hydrogens (tertiary/aromatic N) is 1. The van der Waals surface area contributed by atoms with Crippen molar-refractivity contribution in [3.63, 3.8) is 0 Å². The first kappa shape index (κ1) is 16.4. The van der Waals surface area contributed by atoms with Crippen molar-refractivity contribution in [2.45, 2.75) is 38.3 Å². The second-order valence-corrected chi connectivity index (χ2v) is 6.01. The van der Waals surface area contributed by atoms with Gasteiger partial charge in [-0.2, -0.15) is 0 Å². The Labute approximate surface area is 135 Å².